The highest BCUT2D eigenvalue weighted by molar-refractivity contribution is 5.86. The molecule has 130 valence electrons. The lowest BCUT2D eigenvalue weighted by Crippen LogP contribution is -1.93. The van der Waals surface area contributed by atoms with Gasteiger partial charge in [0.05, 0.1) is 16.7 Å². The average molecular weight is 340 g/mol. The van der Waals surface area contributed by atoms with Crippen LogP contribution < -0.4 is 0 Å². The Bertz CT molecular complexity index is 1000. The summed E-state index contributed by atoms with van der Waals surface area (Å²) in [5.74, 6) is 0.931. The minimum atomic E-state index is 0.427. The van der Waals surface area contributed by atoms with Gasteiger partial charge in [0.1, 0.15) is 0 Å². The van der Waals surface area contributed by atoms with Crippen LogP contribution in [0.3, 0.4) is 0 Å². The van der Waals surface area contributed by atoms with Crippen molar-refractivity contribution in [1.82, 2.24) is 9.97 Å². The van der Waals surface area contributed by atoms with Gasteiger partial charge in [-0.2, -0.15) is 0 Å². The van der Waals surface area contributed by atoms with Crippen molar-refractivity contribution in [2.45, 2.75) is 39.5 Å². The smallest absolute Gasteiger partial charge is 0.0712 e. The summed E-state index contributed by atoms with van der Waals surface area (Å²) in [6.07, 6.45) is 0. The van der Waals surface area contributed by atoms with Crippen molar-refractivity contribution in [3.8, 4) is 11.3 Å². The Hall–Kier alpha value is -2.74. The number of rotatable bonds is 3. The fourth-order valence-electron chi connectivity index (χ4n) is 3.27. The van der Waals surface area contributed by atoms with E-state index in [1.54, 1.807) is 0 Å². The second kappa shape index (κ2) is 6.53. The van der Waals surface area contributed by atoms with Gasteiger partial charge in [-0.1, -0.05) is 64.1 Å². The van der Waals surface area contributed by atoms with Crippen molar-refractivity contribution in [3.05, 3.63) is 71.9 Å². The van der Waals surface area contributed by atoms with Crippen LogP contribution in [0, 0.1) is 0 Å². The molecule has 0 saturated heterocycles. The van der Waals surface area contributed by atoms with E-state index in [1.165, 1.54) is 16.3 Å². The molecule has 0 amide bonds. The predicted molar refractivity (Wildman–Crippen MR) is 111 cm³/mol. The number of nitrogens with zero attached hydrogens (tertiary/aromatic N) is 2. The van der Waals surface area contributed by atoms with Gasteiger partial charge in [-0.3, -0.25) is 4.98 Å². The Balaban J connectivity index is 1.82. The van der Waals surface area contributed by atoms with Crippen LogP contribution in [0.2, 0.25) is 0 Å². The van der Waals surface area contributed by atoms with Crippen molar-refractivity contribution in [1.29, 1.82) is 0 Å². The number of pyridine rings is 2. The van der Waals surface area contributed by atoms with Gasteiger partial charge >= 0.3 is 0 Å². The van der Waals surface area contributed by atoms with Crippen LogP contribution >= 0.6 is 0 Å². The third-order valence-corrected chi connectivity index (χ3v) is 4.98. The molecule has 0 spiro atoms. The molecule has 0 aliphatic heterocycles. The third-order valence-electron chi connectivity index (χ3n) is 4.98. The molecule has 0 atom stereocenters. The molecule has 2 aromatic carbocycles. The summed E-state index contributed by atoms with van der Waals surface area (Å²) >= 11 is 0. The van der Waals surface area contributed by atoms with Crippen molar-refractivity contribution in [2.75, 3.05) is 0 Å². The molecule has 26 heavy (non-hydrogen) atoms. The first-order valence-electron chi connectivity index (χ1n) is 9.33. The molecular weight excluding hydrogens is 316 g/mol. The lowest BCUT2D eigenvalue weighted by atomic mass is 10.0. The summed E-state index contributed by atoms with van der Waals surface area (Å²) in [6.45, 7) is 8.78. The molecule has 0 bridgehead atoms. The molecule has 0 fully saturated rings. The monoisotopic (exact) mass is 340 g/mol. The van der Waals surface area contributed by atoms with Gasteiger partial charge in [-0.25, -0.2) is 4.98 Å². The molecule has 0 unspecified atom stereocenters. The molecule has 4 rings (SSSR count). The molecule has 0 aliphatic rings. The van der Waals surface area contributed by atoms with Gasteiger partial charge < -0.3 is 0 Å². The first-order valence-corrected chi connectivity index (χ1v) is 9.33. The highest BCUT2D eigenvalue weighted by Gasteiger charge is 2.07. The van der Waals surface area contributed by atoms with E-state index < -0.39 is 0 Å². The Morgan fingerprint density at radius 1 is 0.615 bits per heavy atom. The van der Waals surface area contributed by atoms with E-state index in [2.05, 4.69) is 88.4 Å². The Morgan fingerprint density at radius 3 is 2.00 bits per heavy atom. The first-order chi connectivity index (χ1) is 12.5. The van der Waals surface area contributed by atoms with E-state index in [9.17, 15) is 0 Å². The maximum atomic E-state index is 4.93. The maximum absolute atomic E-state index is 4.93. The number of aromatic nitrogens is 2. The molecule has 2 nitrogen and oxygen atoms in total. The van der Waals surface area contributed by atoms with Crippen LogP contribution in [0.25, 0.3) is 33.1 Å². The summed E-state index contributed by atoms with van der Waals surface area (Å²) in [6, 6.07) is 21.5. The molecule has 0 radical (unpaired) electrons. The highest BCUT2D eigenvalue weighted by Crippen LogP contribution is 2.27. The molecular formula is C24H24N2. The Kier molecular flexibility index (Phi) is 4.20. The molecule has 0 saturated carbocycles. The third kappa shape index (κ3) is 3.08. The quantitative estimate of drug-likeness (QED) is 0.415. The fourth-order valence-corrected chi connectivity index (χ4v) is 3.27. The molecule has 4 aromatic rings. The van der Waals surface area contributed by atoms with Crippen LogP contribution in [-0.4, -0.2) is 9.97 Å². The van der Waals surface area contributed by atoms with Crippen molar-refractivity contribution < 1.29 is 0 Å². The number of hydrogen-bond donors (Lipinski definition) is 0. The van der Waals surface area contributed by atoms with Gasteiger partial charge in [0.2, 0.25) is 0 Å². The van der Waals surface area contributed by atoms with Crippen LogP contribution in [0.1, 0.15) is 50.8 Å². The van der Waals surface area contributed by atoms with Gasteiger partial charge in [0, 0.05) is 22.0 Å². The standard InChI is InChI=1S/C24H24N2/c1-15(2)19-7-5-17-10-12-22(26-23(17)13-19)20-8-6-18-9-11-21(16(3)4)25-24(18)14-20/h5-16H,1-4H3. The topological polar surface area (TPSA) is 25.8 Å². The summed E-state index contributed by atoms with van der Waals surface area (Å²) < 4.78 is 0. The van der Waals surface area contributed by atoms with Crippen molar-refractivity contribution >= 4 is 21.8 Å². The first kappa shape index (κ1) is 16.7. The zero-order valence-electron chi connectivity index (χ0n) is 15.8. The normalized spacial score (nSPS) is 11.8. The van der Waals surface area contributed by atoms with E-state index in [0.717, 1.165) is 28.0 Å². The van der Waals surface area contributed by atoms with Crippen LogP contribution in [-0.2, 0) is 0 Å². The predicted octanol–water partition coefficient (Wildman–Crippen LogP) is 6.70. The van der Waals surface area contributed by atoms with Crippen molar-refractivity contribution in [2.24, 2.45) is 0 Å². The fraction of sp³-hybridized carbons (Fsp3) is 0.250. The van der Waals surface area contributed by atoms with Crippen LogP contribution in [0.4, 0.5) is 0 Å². The number of fused-ring (bicyclic) bond motifs is 2. The van der Waals surface area contributed by atoms with Gasteiger partial charge in [-0.05, 0) is 41.7 Å². The second-order valence-electron chi connectivity index (χ2n) is 7.60. The van der Waals surface area contributed by atoms with Crippen LogP contribution in [0.15, 0.2) is 60.7 Å². The largest absolute Gasteiger partial charge is 0.253 e. The van der Waals surface area contributed by atoms with E-state index in [0.29, 0.717) is 11.8 Å². The molecule has 2 heteroatoms. The van der Waals surface area contributed by atoms with Gasteiger partial charge in [0.15, 0.2) is 0 Å². The lowest BCUT2D eigenvalue weighted by molar-refractivity contribution is 0.830. The summed E-state index contributed by atoms with van der Waals surface area (Å²) in [4.78, 5) is 9.76. The van der Waals surface area contributed by atoms with E-state index in [4.69, 9.17) is 9.97 Å². The number of benzene rings is 2. The van der Waals surface area contributed by atoms with Crippen LogP contribution in [0.5, 0.6) is 0 Å². The molecule has 2 aromatic heterocycles. The lowest BCUT2D eigenvalue weighted by Gasteiger charge is -2.09. The zero-order valence-corrected chi connectivity index (χ0v) is 15.8. The van der Waals surface area contributed by atoms with E-state index in [1.807, 2.05) is 0 Å². The molecule has 0 aliphatic carbocycles. The minimum Gasteiger partial charge on any atom is -0.253 e. The molecule has 2 heterocycles. The zero-order chi connectivity index (χ0) is 18.3. The SMILES string of the molecule is CC(C)c1ccc2ccc(-c3ccc4ccc(C(C)C)nc4c3)nc2c1. The van der Waals surface area contributed by atoms with Gasteiger partial charge in [0.25, 0.3) is 0 Å². The van der Waals surface area contributed by atoms with Crippen molar-refractivity contribution in [3.63, 3.8) is 0 Å². The Labute approximate surface area is 154 Å². The van der Waals surface area contributed by atoms with E-state index >= 15 is 0 Å². The molecule has 0 N–H and O–H groups in total. The summed E-state index contributed by atoms with van der Waals surface area (Å²) in [5, 5.41) is 2.35. The Morgan fingerprint density at radius 2 is 1.27 bits per heavy atom. The maximum Gasteiger partial charge on any atom is 0.0712 e. The van der Waals surface area contributed by atoms with Gasteiger partial charge in [-0.15, -0.1) is 0 Å². The van der Waals surface area contributed by atoms with E-state index in [-0.39, 0.29) is 0 Å². The highest BCUT2D eigenvalue weighted by atomic mass is 14.7. The number of hydrogen-bond acceptors (Lipinski definition) is 2. The summed E-state index contributed by atoms with van der Waals surface area (Å²) in [7, 11) is 0. The summed E-state index contributed by atoms with van der Waals surface area (Å²) in [5.41, 5.74) is 6.65. The average Bonchev–Trinajstić information content (AvgIpc) is 2.66. The minimum absolute atomic E-state index is 0.427. The second-order valence-corrected chi connectivity index (χ2v) is 7.60.